The smallest absolute Gasteiger partial charge is 0.272 e. The number of rotatable bonds is 4. The van der Waals surface area contributed by atoms with Gasteiger partial charge in [0.1, 0.15) is 5.69 Å². The normalized spacial score (nSPS) is 14.0. The van der Waals surface area contributed by atoms with E-state index < -0.39 is 0 Å². The van der Waals surface area contributed by atoms with E-state index in [9.17, 15) is 4.79 Å². The van der Waals surface area contributed by atoms with Gasteiger partial charge in [0.05, 0.1) is 0 Å². The summed E-state index contributed by atoms with van der Waals surface area (Å²) in [7, 11) is 0. The number of benzene rings is 2. The number of aromatic nitrogens is 2. The molecule has 2 heterocycles. The van der Waals surface area contributed by atoms with E-state index in [-0.39, 0.29) is 5.91 Å². The fourth-order valence-corrected chi connectivity index (χ4v) is 3.39. The quantitative estimate of drug-likeness (QED) is 0.729. The molecular weight excluding hydrogens is 374 g/mol. The van der Waals surface area contributed by atoms with E-state index in [1.54, 1.807) is 24.4 Å². The number of hydrogen-bond donors (Lipinski definition) is 1. The number of carbonyl (C=O) groups excluding carboxylic acids is 1. The molecule has 28 heavy (non-hydrogen) atoms. The van der Waals surface area contributed by atoms with Crippen LogP contribution < -0.4 is 10.2 Å². The van der Waals surface area contributed by atoms with Crippen molar-refractivity contribution in [1.29, 1.82) is 0 Å². The van der Waals surface area contributed by atoms with Crippen molar-refractivity contribution in [2.24, 2.45) is 0 Å². The second kappa shape index (κ2) is 8.27. The molecule has 0 unspecified atom stereocenters. The summed E-state index contributed by atoms with van der Waals surface area (Å²) in [6.07, 6.45) is 1.59. The number of para-hydroxylation sites is 1. The Morgan fingerprint density at radius 1 is 0.964 bits per heavy atom. The molecule has 0 saturated carbocycles. The van der Waals surface area contributed by atoms with Crippen molar-refractivity contribution in [3.8, 4) is 0 Å². The molecule has 7 heteroatoms. The summed E-state index contributed by atoms with van der Waals surface area (Å²) in [4.78, 5) is 25.6. The Kier molecular flexibility index (Phi) is 5.39. The van der Waals surface area contributed by atoms with Crippen molar-refractivity contribution in [2.45, 2.75) is 0 Å². The molecule has 0 atom stereocenters. The molecule has 1 aliphatic rings. The molecule has 1 aliphatic heterocycles. The van der Waals surface area contributed by atoms with Crippen LogP contribution in [0.25, 0.3) is 0 Å². The van der Waals surface area contributed by atoms with Gasteiger partial charge in [-0.25, -0.2) is 9.97 Å². The summed E-state index contributed by atoms with van der Waals surface area (Å²) in [6.45, 7) is 2.92. The molecule has 0 spiro atoms. The van der Waals surface area contributed by atoms with Crippen LogP contribution in [0, 0.1) is 0 Å². The molecule has 6 nitrogen and oxygen atoms in total. The molecule has 142 valence electrons. The van der Waals surface area contributed by atoms with Gasteiger partial charge in [-0.2, -0.15) is 0 Å². The van der Waals surface area contributed by atoms with Crippen LogP contribution in [0.15, 0.2) is 66.9 Å². The number of halogens is 1. The third-order valence-electron chi connectivity index (χ3n) is 4.64. The number of piperazine rings is 1. The predicted molar refractivity (Wildman–Crippen MR) is 111 cm³/mol. The fraction of sp³-hybridized carbons (Fsp3) is 0.190. The second-order valence-corrected chi connectivity index (χ2v) is 6.95. The number of hydrogen-bond acceptors (Lipinski definition) is 5. The maximum absolute atomic E-state index is 12.9. The van der Waals surface area contributed by atoms with Gasteiger partial charge in [-0.3, -0.25) is 4.79 Å². The van der Waals surface area contributed by atoms with Crippen molar-refractivity contribution < 1.29 is 4.79 Å². The van der Waals surface area contributed by atoms with Crippen molar-refractivity contribution in [3.63, 3.8) is 0 Å². The Morgan fingerprint density at radius 2 is 1.75 bits per heavy atom. The number of nitrogens with one attached hydrogen (secondary N) is 1. The first-order valence-corrected chi connectivity index (χ1v) is 9.52. The Labute approximate surface area is 168 Å². The lowest BCUT2D eigenvalue weighted by Gasteiger charge is -2.36. The number of amides is 1. The lowest BCUT2D eigenvalue weighted by Crippen LogP contribution is -2.49. The monoisotopic (exact) mass is 393 g/mol. The molecule has 4 rings (SSSR count). The first-order valence-electron chi connectivity index (χ1n) is 9.14. The Balaban J connectivity index is 1.41. The average molecular weight is 394 g/mol. The molecule has 1 saturated heterocycles. The summed E-state index contributed by atoms with van der Waals surface area (Å²) < 4.78 is 0. The van der Waals surface area contributed by atoms with Crippen LogP contribution in [0.2, 0.25) is 5.02 Å². The van der Waals surface area contributed by atoms with Crippen molar-refractivity contribution in [1.82, 2.24) is 14.9 Å². The van der Waals surface area contributed by atoms with Gasteiger partial charge >= 0.3 is 0 Å². The lowest BCUT2D eigenvalue weighted by atomic mass is 10.2. The topological polar surface area (TPSA) is 61.4 Å². The molecule has 1 fully saturated rings. The zero-order valence-electron chi connectivity index (χ0n) is 15.3. The standard InChI is InChI=1S/C21H20ClN5O/c22-16-5-4-6-17(15-16)24-21-23-10-9-19(25-21)20(28)27-13-11-26(12-14-27)18-7-2-1-3-8-18/h1-10,15H,11-14H2,(H,23,24,25). The SMILES string of the molecule is O=C(c1ccnc(Nc2cccc(Cl)c2)n1)N1CCN(c2ccccc2)CC1. The molecule has 0 aliphatic carbocycles. The van der Waals surface area contributed by atoms with Gasteiger partial charge < -0.3 is 15.1 Å². The van der Waals surface area contributed by atoms with Crippen LogP contribution in [0.4, 0.5) is 17.3 Å². The lowest BCUT2D eigenvalue weighted by molar-refractivity contribution is 0.0741. The van der Waals surface area contributed by atoms with E-state index in [0.29, 0.717) is 29.8 Å². The van der Waals surface area contributed by atoms with Crippen molar-refractivity contribution in [2.75, 3.05) is 36.4 Å². The maximum atomic E-state index is 12.9. The van der Waals surface area contributed by atoms with E-state index in [1.807, 2.05) is 35.2 Å². The van der Waals surface area contributed by atoms with Crippen LogP contribution in [-0.4, -0.2) is 47.0 Å². The molecule has 1 amide bonds. The van der Waals surface area contributed by atoms with E-state index >= 15 is 0 Å². The third-order valence-corrected chi connectivity index (χ3v) is 4.88. The minimum atomic E-state index is -0.0794. The van der Waals surface area contributed by atoms with Gasteiger partial charge in [0.25, 0.3) is 5.91 Å². The molecule has 1 aromatic heterocycles. The van der Waals surface area contributed by atoms with Crippen LogP contribution in [0.3, 0.4) is 0 Å². The molecule has 0 bridgehead atoms. The van der Waals surface area contributed by atoms with Gasteiger partial charge in [-0.15, -0.1) is 0 Å². The van der Waals surface area contributed by atoms with Gasteiger partial charge in [-0.05, 0) is 36.4 Å². The maximum Gasteiger partial charge on any atom is 0.272 e. The van der Waals surface area contributed by atoms with Gasteiger partial charge in [0, 0.05) is 48.8 Å². The highest BCUT2D eigenvalue weighted by Gasteiger charge is 2.23. The summed E-state index contributed by atoms with van der Waals surface area (Å²) in [6, 6.07) is 19.2. The number of nitrogens with zero attached hydrogens (tertiary/aromatic N) is 4. The molecule has 0 radical (unpaired) electrons. The zero-order chi connectivity index (χ0) is 19.3. The van der Waals surface area contributed by atoms with E-state index in [4.69, 9.17) is 11.6 Å². The van der Waals surface area contributed by atoms with Crippen LogP contribution in [0.5, 0.6) is 0 Å². The molecular formula is C21H20ClN5O. The zero-order valence-corrected chi connectivity index (χ0v) is 16.0. The molecule has 1 N–H and O–H groups in total. The van der Waals surface area contributed by atoms with Crippen molar-refractivity contribution >= 4 is 34.8 Å². The first kappa shape index (κ1) is 18.3. The summed E-state index contributed by atoms with van der Waals surface area (Å²) in [5, 5.41) is 3.70. The highest BCUT2D eigenvalue weighted by Crippen LogP contribution is 2.19. The second-order valence-electron chi connectivity index (χ2n) is 6.52. The largest absolute Gasteiger partial charge is 0.368 e. The first-order chi connectivity index (χ1) is 13.7. The van der Waals surface area contributed by atoms with Crippen LogP contribution in [0.1, 0.15) is 10.5 Å². The minimum Gasteiger partial charge on any atom is -0.368 e. The Morgan fingerprint density at radius 3 is 2.50 bits per heavy atom. The van der Waals surface area contributed by atoms with Gasteiger partial charge in [0.2, 0.25) is 5.95 Å². The van der Waals surface area contributed by atoms with Gasteiger partial charge in [0.15, 0.2) is 0 Å². The van der Waals surface area contributed by atoms with Crippen molar-refractivity contribution in [3.05, 3.63) is 77.6 Å². The summed E-state index contributed by atoms with van der Waals surface area (Å²) in [5.74, 6) is 0.292. The Bertz CT molecular complexity index is 958. The van der Waals surface area contributed by atoms with E-state index in [2.05, 4.69) is 32.3 Å². The molecule has 3 aromatic rings. The van der Waals surface area contributed by atoms with Crippen LogP contribution in [-0.2, 0) is 0 Å². The highest BCUT2D eigenvalue weighted by molar-refractivity contribution is 6.30. The van der Waals surface area contributed by atoms with E-state index in [1.165, 1.54) is 5.69 Å². The fourth-order valence-electron chi connectivity index (χ4n) is 3.20. The van der Waals surface area contributed by atoms with E-state index in [0.717, 1.165) is 18.8 Å². The Hall–Kier alpha value is -3.12. The number of carbonyl (C=O) groups is 1. The molecule has 2 aromatic carbocycles. The highest BCUT2D eigenvalue weighted by atomic mass is 35.5. The summed E-state index contributed by atoms with van der Waals surface area (Å²) in [5.41, 5.74) is 2.34. The average Bonchev–Trinajstić information content (AvgIpc) is 2.74. The number of anilines is 3. The van der Waals surface area contributed by atoms with Gasteiger partial charge in [-0.1, -0.05) is 35.9 Å². The predicted octanol–water partition coefficient (Wildman–Crippen LogP) is 3.84. The summed E-state index contributed by atoms with van der Waals surface area (Å²) >= 11 is 6.00. The third kappa shape index (κ3) is 4.23. The minimum absolute atomic E-state index is 0.0794. The van der Waals surface area contributed by atoms with Crippen LogP contribution >= 0.6 is 11.6 Å².